The molecule has 0 bridgehead atoms. The van der Waals surface area contributed by atoms with Gasteiger partial charge in [-0.2, -0.15) is 13.2 Å². The van der Waals surface area contributed by atoms with E-state index in [1.54, 1.807) is 24.4 Å². The summed E-state index contributed by atoms with van der Waals surface area (Å²) in [6.07, 6.45) is 1.78. The van der Waals surface area contributed by atoms with Gasteiger partial charge in [0.05, 0.1) is 30.4 Å². The van der Waals surface area contributed by atoms with Crippen molar-refractivity contribution in [2.24, 2.45) is 0 Å². The molecule has 0 saturated carbocycles. The molecule has 0 atom stereocenters. The number of halogens is 3. The van der Waals surface area contributed by atoms with Crippen LogP contribution < -0.4 is 9.46 Å². The molecule has 29 heavy (non-hydrogen) atoms. The van der Waals surface area contributed by atoms with E-state index in [4.69, 9.17) is 9.72 Å². The minimum absolute atomic E-state index is 0.0687. The molecule has 2 aromatic heterocycles. The molecule has 0 aliphatic carbocycles. The van der Waals surface area contributed by atoms with Crippen molar-refractivity contribution >= 4 is 29.0 Å². The van der Waals surface area contributed by atoms with E-state index in [1.807, 2.05) is 17.5 Å². The van der Waals surface area contributed by atoms with Crippen LogP contribution in [0.25, 0.3) is 21.8 Å². The molecule has 0 aliphatic heterocycles. The zero-order valence-corrected chi connectivity index (χ0v) is 17.9. The second-order valence-electron chi connectivity index (χ2n) is 7.28. The highest BCUT2D eigenvalue weighted by atomic mass is 32.2. The molecular formula is C20H20F3N3OS2. The molecule has 0 spiro atoms. The van der Waals surface area contributed by atoms with Crippen LogP contribution in [0.4, 0.5) is 18.9 Å². The number of rotatable bonds is 5. The van der Waals surface area contributed by atoms with Crippen LogP contribution in [0.1, 0.15) is 26.5 Å². The number of methoxy groups -OCH3 is 1. The fourth-order valence-electron chi connectivity index (χ4n) is 2.56. The van der Waals surface area contributed by atoms with Gasteiger partial charge in [-0.25, -0.2) is 4.98 Å². The monoisotopic (exact) mass is 439 g/mol. The van der Waals surface area contributed by atoms with Crippen LogP contribution in [0.15, 0.2) is 41.9 Å². The van der Waals surface area contributed by atoms with Crippen molar-refractivity contribution in [2.45, 2.75) is 31.7 Å². The van der Waals surface area contributed by atoms with Crippen LogP contribution in [-0.2, 0) is 5.41 Å². The predicted octanol–water partition coefficient (Wildman–Crippen LogP) is 6.76. The highest BCUT2D eigenvalue weighted by molar-refractivity contribution is 8.01. The van der Waals surface area contributed by atoms with Crippen LogP contribution >= 0.6 is 23.3 Å². The number of anilines is 1. The molecule has 1 aromatic carbocycles. The van der Waals surface area contributed by atoms with Crippen molar-refractivity contribution in [3.63, 3.8) is 0 Å². The number of pyridine rings is 1. The number of ether oxygens (including phenoxy) is 1. The van der Waals surface area contributed by atoms with E-state index in [1.165, 1.54) is 18.4 Å². The third-order valence-corrected chi connectivity index (χ3v) is 5.50. The van der Waals surface area contributed by atoms with Crippen molar-refractivity contribution in [1.82, 2.24) is 9.97 Å². The molecular weight excluding hydrogens is 419 g/mol. The molecule has 154 valence electrons. The van der Waals surface area contributed by atoms with Crippen LogP contribution in [0.5, 0.6) is 5.75 Å². The summed E-state index contributed by atoms with van der Waals surface area (Å²) >= 11 is 1.17. The maximum Gasteiger partial charge on any atom is 0.461 e. The Morgan fingerprint density at radius 3 is 2.48 bits per heavy atom. The fourth-order valence-corrected chi connectivity index (χ4v) is 3.78. The number of nitrogens with zero attached hydrogens (tertiary/aromatic N) is 2. The lowest BCUT2D eigenvalue weighted by Gasteiger charge is -2.17. The Hall–Kier alpha value is -2.26. The third kappa shape index (κ3) is 5.42. The van der Waals surface area contributed by atoms with Gasteiger partial charge in [-0.05, 0) is 24.3 Å². The first-order chi connectivity index (χ1) is 13.6. The molecule has 3 rings (SSSR count). The molecule has 1 N–H and O–H groups in total. The number of hydrogen-bond acceptors (Lipinski definition) is 6. The fraction of sp³-hybridized carbons (Fsp3) is 0.300. The molecule has 0 saturated heterocycles. The maximum absolute atomic E-state index is 12.4. The average Bonchev–Trinajstić information content (AvgIpc) is 3.15. The first-order valence-electron chi connectivity index (χ1n) is 8.68. The molecule has 2 heterocycles. The largest absolute Gasteiger partial charge is 0.495 e. The van der Waals surface area contributed by atoms with Gasteiger partial charge in [0, 0.05) is 33.8 Å². The number of alkyl halides is 3. The molecule has 9 heteroatoms. The van der Waals surface area contributed by atoms with Gasteiger partial charge in [-0.1, -0.05) is 26.8 Å². The van der Waals surface area contributed by atoms with Gasteiger partial charge < -0.3 is 9.46 Å². The van der Waals surface area contributed by atoms with Gasteiger partial charge in [-0.15, -0.1) is 11.3 Å². The number of aromatic nitrogens is 2. The first-order valence-corrected chi connectivity index (χ1v) is 10.4. The zero-order valence-electron chi connectivity index (χ0n) is 16.3. The lowest BCUT2D eigenvalue weighted by molar-refractivity contribution is -0.0323. The van der Waals surface area contributed by atoms with E-state index in [0.717, 1.165) is 27.5 Å². The first kappa shape index (κ1) is 21.4. The summed E-state index contributed by atoms with van der Waals surface area (Å²) in [4.78, 5) is 9.13. The summed E-state index contributed by atoms with van der Waals surface area (Å²) in [6.45, 7) is 6.31. The van der Waals surface area contributed by atoms with Crippen LogP contribution in [0, 0.1) is 0 Å². The normalized spacial score (nSPS) is 12.1. The second-order valence-corrected chi connectivity index (χ2v) is 9.01. The highest BCUT2D eigenvalue weighted by Gasteiger charge is 2.29. The van der Waals surface area contributed by atoms with Crippen LogP contribution in [-0.4, -0.2) is 22.6 Å². The van der Waals surface area contributed by atoms with Crippen LogP contribution in [0.2, 0.25) is 0 Å². The average molecular weight is 440 g/mol. The summed E-state index contributed by atoms with van der Waals surface area (Å²) in [7, 11) is 1.42. The Labute approximate surface area is 175 Å². The summed E-state index contributed by atoms with van der Waals surface area (Å²) in [5.41, 5.74) is -0.758. The molecule has 0 fully saturated rings. The van der Waals surface area contributed by atoms with E-state index >= 15 is 0 Å². The number of hydrogen-bond donors (Lipinski definition) is 1. The van der Waals surface area contributed by atoms with Gasteiger partial charge >= 0.3 is 5.51 Å². The number of nitrogens with one attached hydrogen (secondary N) is 1. The third-order valence-electron chi connectivity index (χ3n) is 4.05. The second kappa shape index (κ2) is 8.23. The van der Waals surface area contributed by atoms with E-state index in [2.05, 4.69) is 30.5 Å². The Balaban J connectivity index is 1.87. The molecule has 0 radical (unpaired) electrons. The van der Waals surface area contributed by atoms with E-state index in [9.17, 15) is 13.2 Å². The van der Waals surface area contributed by atoms with Gasteiger partial charge in [0.2, 0.25) is 0 Å². The van der Waals surface area contributed by atoms with Crippen molar-refractivity contribution in [2.75, 3.05) is 11.8 Å². The highest BCUT2D eigenvalue weighted by Crippen LogP contribution is 2.38. The van der Waals surface area contributed by atoms with Crippen molar-refractivity contribution in [3.05, 3.63) is 47.6 Å². The molecule has 0 unspecified atom stereocenters. The summed E-state index contributed by atoms with van der Waals surface area (Å²) < 4.78 is 44.8. The van der Waals surface area contributed by atoms with Gasteiger partial charge in [-0.3, -0.25) is 4.98 Å². The standard InChI is InChI=1S/C20H20F3N3OS2/c1-19(2,3)17-10-13(7-8-24-17)18-25-15(11-28-18)12-5-6-14(16(9-12)27-4)26-29-20(21,22)23/h5-11,26H,1-4H3. The maximum atomic E-state index is 12.4. The lowest BCUT2D eigenvalue weighted by atomic mass is 9.91. The van der Waals surface area contributed by atoms with E-state index < -0.39 is 5.51 Å². The van der Waals surface area contributed by atoms with Crippen molar-refractivity contribution in [1.29, 1.82) is 0 Å². The Morgan fingerprint density at radius 1 is 1.07 bits per heavy atom. The van der Waals surface area contributed by atoms with Gasteiger partial charge in [0.15, 0.2) is 0 Å². The molecule has 4 nitrogen and oxygen atoms in total. The van der Waals surface area contributed by atoms with Crippen LogP contribution in [0.3, 0.4) is 0 Å². The number of thiazole rings is 1. The predicted molar refractivity (Wildman–Crippen MR) is 113 cm³/mol. The molecule has 0 aliphatic rings. The lowest BCUT2D eigenvalue weighted by Crippen LogP contribution is -2.13. The van der Waals surface area contributed by atoms with E-state index in [0.29, 0.717) is 5.75 Å². The summed E-state index contributed by atoms with van der Waals surface area (Å²) in [6, 6.07) is 8.89. The molecule has 3 aromatic rings. The summed E-state index contributed by atoms with van der Waals surface area (Å²) in [5, 5.41) is 2.76. The smallest absolute Gasteiger partial charge is 0.461 e. The van der Waals surface area contributed by atoms with Gasteiger partial charge in [0.25, 0.3) is 0 Å². The zero-order chi connectivity index (χ0) is 21.2. The Kier molecular flexibility index (Phi) is 6.09. The summed E-state index contributed by atoms with van der Waals surface area (Å²) in [5.74, 6) is 0.313. The van der Waals surface area contributed by atoms with Gasteiger partial charge in [0.1, 0.15) is 10.8 Å². The molecule has 0 amide bonds. The van der Waals surface area contributed by atoms with E-state index in [-0.39, 0.29) is 23.1 Å². The SMILES string of the molecule is COc1cc(-c2csc(-c3ccnc(C(C)(C)C)c3)n2)ccc1NSC(F)(F)F. The van der Waals surface area contributed by atoms with Crippen molar-refractivity contribution < 1.29 is 17.9 Å². The minimum Gasteiger partial charge on any atom is -0.495 e. The van der Waals surface area contributed by atoms with Crippen molar-refractivity contribution in [3.8, 4) is 27.6 Å². The minimum atomic E-state index is -4.38. The Morgan fingerprint density at radius 2 is 1.83 bits per heavy atom. The quantitative estimate of drug-likeness (QED) is 0.445. The topological polar surface area (TPSA) is 47.0 Å². The number of benzene rings is 1. The Bertz CT molecular complexity index is 997.